The molecule has 0 aliphatic carbocycles. The van der Waals surface area contributed by atoms with Crippen molar-refractivity contribution in [3.63, 3.8) is 0 Å². The number of carbonyl (C=O) groups excluding carboxylic acids is 1. The van der Waals surface area contributed by atoms with Crippen molar-refractivity contribution < 1.29 is 14.3 Å². The van der Waals surface area contributed by atoms with Crippen LogP contribution in [-0.4, -0.2) is 30.3 Å². The van der Waals surface area contributed by atoms with E-state index in [1.54, 1.807) is 37.4 Å². The van der Waals surface area contributed by atoms with E-state index in [2.05, 4.69) is 15.5 Å². The van der Waals surface area contributed by atoms with Gasteiger partial charge in [0.05, 0.1) is 24.9 Å². The number of hydrogen-bond acceptors (Lipinski definition) is 4. The molecule has 0 spiro atoms. The molecule has 3 rings (SSSR count). The van der Waals surface area contributed by atoms with E-state index < -0.39 is 0 Å². The summed E-state index contributed by atoms with van der Waals surface area (Å²) < 4.78 is 10.4. The van der Waals surface area contributed by atoms with Crippen molar-refractivity contribution in [3.8, 4) is 22.8 Å². The Morgan fingerprint density at radius 1 is 1.08 bits per heavy atom. The van der Waals surface area contributed by atoms with Crippen LogP contribution in [-0.2, 0) is 0 Å². The number of rotatable bonds is 5. The topological polar surface area (TPSA) is 76.2 Å². The predicted molar refractivity (Wildman–Crippen MR) is 96.5 cm³/mol. The summed E-state index contributed by atoms with van der Waals surface area (Å²) in [4.78, 5) is 12.4. The highest BCUT2D eigenvalue weighted by Crippen LogP contribution is 2.30. The lowest BCUT2D eigenvalue weighted by Gasteiger charge is -2.10. The Hall–Kier alpha value is -2.99. The van der Waals surface area contributed by atoms with Crippen LogP contribution in [0.1, 0.15) is 10.5 Å². The van der Waals surface area contributed by atoms with E-state index in [9.17, 15) is 4.79 Å². The van der Waals surface area contributed by atoms with Crippen molar-refractivity contribution in [2.24, 2.45) is 0 Å². The Morgan fingerprint density at radius 2 is 1.84 bits per heavy atom. The van der Waals surface area contributed by atoms with E-state index in [0.717, 1.165) is 5.56 Å². The van der Waals surface area contributed by atoms with Crippen molar-refractivity contribution in [2.75, 3.05) is 19.5 Å². The fraction of sp³-hybridized carbons (Fsp3) is 0.111. The first-order valence-corrected chi connectivity index (χ1v) is 7.84. The molecule has 6 nitrogen and oxygen atoms in total. The number of benzene rings is 2. The van der Waals surface area contributed by atoms with Crippen LogP contribution in [0.4, 0.5) is 5.69 Å². The number of hydrogen-bond donors (Lipinski definition) is 2. The summed E-state index contributed by atoms with van der Waals surface area (Å²) in [5, 5.41) is 10.2. The number of H-pyrrole nitrogens is 1. The van der Waals surface area contributed by atoms with Crippen LogP contribution in [0.15, 0.2) is 48.5 Å². The molecule has 7 heteroatoms. The molecule has 0 fully saturated rings. The van der Waals surface area contributed by atoms with Gasteiger partial charge in [-0.05, 0) is 24.3 Å². The smallest absolute Gasteiger partial charge is 0.273 e. The first-order valence-electron chi connectivity index (χ1n) is 7.46. The Labute approximate surface area is 149 Å². The van der Waals surface area contributed by atoms with Gasteiger partial charge in [-0.1, -0.05) is 29.8 Å². The molecule has 0 aliphatic rings. The molecule has 0 unspecified atom stereocenters. The molecule has 3 aromatic rings. The molecule has 0 radical (unpaired) electrons. The van der Waals surface area contributed by atoms with Gasteiger partial charge in [0.15, 0.2) is 11.5 Å². The Kier molecular flexibility index (Phi) is 4.90. The zero-order valence-corrected chi connectivity index (χ0v) is 14.4. The summed E-state index contributed by atoms with van der Waals surface area (Å²) in [6.07, 6.45) is 0. The summed E-state index contributed by atoms with van der Waals surface area (Å²) in [7, 11) is 3.09. The number of methoxy groups -OCH3 is 2. The van der Waals surface area contributed by atoms with Crippen molar-refractivity contribution >= 4 is 23.2 Å². The third kappa shape index (κ3) is 3.59. The van der Waals surface area contributed by atoms with Crippen molar-refractivity contribution in [1.29, 1.82) is 0 Å². The number of ether oxygens (including phenoxy) is 2. The number of carbonyl (C=O) groups is 1. The molecule has 0 aliphatic heterocycles. The molecule has 0 saturated carbocycles. The Morgan fingerprint density at radius 3 is 2.56 bits per heavy atom. The highest BCUT2D eigenvalue weighted by atomic mass is 35.5. The average Bonchev–Trinajstić information content (AvgIpc) is 3.12. The largest absolute Gasteiger partial charge is 0.493 e. The lowest BCUT2D eigenvalue weighted by atomic mass is 10.1. The third-order valence-electron chi connectivity index (χ3n) is 3.61. The number of nitrogens with zero attached hydrogens (tertiary/aromatic N) is 1. The number of halogens is 1. The number of aromatic amines is 1. The van der Waals surface area contributed by atoms with Gasteiger partial charge in [-0.15, -0.1) is 0 Å². The van der Waals surface area contributed by atoms with Crippen molar-refractivity contribution in [1.82, 2.24) is 10.2 Å². The standard InChI is InChI=1S/C18H16ClN3O3/c1-24-16-8-7-11(9-17(16)25-2)20-18(23)15-10-14(21-22-15)12-5-3-4-6-13(12)19/h3-10H,1-2H3,(H,20,23)(H,21,22). The van der Waals surface area contributed by atoms with Crippen LogP contribution in [0.5, 0.6) is 11.5 Å². The van der Waals surface area contributed by atoms with E-state index in [1.165, 1.54) is 7.11 Å². The fourth-order valence-electron chi connectivity index (χ4n) is 2.36. The second kappa shape index (κ2) is 7.27. The molecule has 0 bridgehead atoms. The third-order valence-corrected chi connectivity index (χ3v) is 3.94. The van der Waals surface area contributed by atoms with Gasteiger partial charge in [0.1, 0.15) is 5.69 Å². The maximum absolute atomic E-state index is 12.4. The fourth-order valence-corrected chi connectivity index (χ4v) is 2.59. The molecule has 1 amide bonds. The molecular weight excluding hydrogens is 342 g/mol. The van der Waals surface area contributed by atoms with Gasteiger partial charge in [0.2, 0.25) is 0 Å². The molecule has 25 heavy (non-hydrogen) atoms. The molecule has 1 heterocycles. The van der Waals surface area contributed by atoms with Gasteiger partial charge < -0.3 is 14.8 Å². The maximum atomic E-state index is 12.4. The quantitative estimate of drug-likeness (QED) is 0.723. The van der Waals surface area contributed by atoms with Crippen LogP contribution in [0.2, 0.25) is 5.02 Å². The van der Waals surface area contributed by atoms with E-state index in [-0.39, 0.29) is 5.91 Å². The first kappa shape index (κ1) is 16.9. The van der Waals surface area contributed by atoms with Crippen molar-refractivity contribution in [3.05, 3.63) is 59.2 Å². The minimum Gasteiger partial charge on any atom is -0.493 e. The SMILES string of the molecule is COc1ccc(NC(=O)c2cc(-c3ccccc3Cl)n[nH]2)cc1OC. The van der Waals surface area contributed by atoms with E-state index >= 15 is 0 Å². The zero-order chi connectivity index (χ0) is 17.8. The molecule has 1 aromatic heterocycles. The summed E-state index contributed by atoms with van der Waals surface area (Å²) in [6.45, 7) is 0. The van der Waals surface area contributed by atoms with E-state index in [0.29, 0.717) is 33.6 Å². The highest BCUT2D eigenvalue weighted by molar-refractivity contribution is 6.33. The van der Waals surface area contributed by atoms with Gasteiger partial charge in [0.25, 0.3) is 5.91 Å². The predicted octanol–water partition coefficient (Wildman–Crippen LogP) is 4.00. The van der Waals surface area contributed by atoms with E-state index in [4.69, 9.17) is 21.1 Å². The van der Waals surface area contributed by atoms with Gasteiger partial charge in [-0.2, -0.15) is 5.10 Å². The molecule has 128 valence electrons. The zero-order valence-electron chi connectivity index (χ0n) is 13.7. The van der Waals surface area contributed by atoms with Crippen LogP contribution in [0, 0.1) is 0 Å². The van der Waals surface area contributed by atoms with Gasteiger partial charge in [0, 0.05) is 17.3 Å². The van der Waals surface area contributed by atoms with Crippen LogP contribution < -0.4 is 14.8 Å². The second-order valence-corrected chi connectivity index (χ2v) is 5.58. The summed E-state index contributed by atoms with van der Waals surface area (Å²) in [5.74, 6) is 0.794. The van der Waals surface area contributed by atoms with Crippen LogP contribution in [0.25, 0.3) is 11.3 Å². The summed E-state index contributed by atoms with van der Waals surface area (Å²) >= 11 is 6.16. The minimum absolute atomic E-state index is 0.321. The highest BCUT2D eigenvalue weighted by Gasteiger charge is 2.14. The maximum Gasteiger partial charge on any atom is 0.273 e. The summed E-state index contributed by atoms with van der Waals surface area (Å²) in [6, 6.07) is 14.1. The molecular formula is C18H16ClN3O3. The number of aromatic nitrogens is 2. The molecule has 2 aromatic carbocycles. The average molecular weight is 358 g/mol. The van der Waals surface area contributed by atoms with E-state index in [1.807, 2.05) is 18.2 Å². The summed E-state index contributed by atoms with van der Waals surface area (Å²) in [5.41, 5.74) is 2.26. The molecule has 0 saturated heterocycles. The normalized spacial score (nSPS) is 10.4. The second-order valence-electron chi connectivity index (χ2n) is 5.17. The number of anilines is 1. The first-order chi connectivity index (χ1) is 12.1. The lowest BCUT2D eigenvalue weighted by Crippen LogP contribution is -2.12. The molecule has 0 atom stereocenters. The van der Waals surface area contributed by atoms with Gasteiger partial charge in [-0.25, -0.2) is 0 Å². The Bertz CT molecular complexity index is 908. The van der Waals surface area contributed by atoms with Gasteiger partial charge >= 0.3 is 0 Å². The number of amides is 1. The number of nitrogens with one attached hydrogen (secondary N) is 2. The lowest BCUT2D eigenvalue weighted by molar-refractivity contribution is 0.102. The van der Waals surface area contributed by atoms with Gasteiger partial charge in [-0.3, -0.25) is 9.89 Å². The monoisotopic (exact) mass is 357 g/mol. The minimum atomic E-state index is -0.321. The van der Waals surface area contributed by atoms with Crippen LogP contribution in [0.3, 0.4) is 0 Å². The van der Waals surface area contributed by atoms with Crippen LogP contribution >= 0.6 is 11.6 Å². The Balaban J connectivity index is 1.80. The van der Waals surface area contributed by atoms with Crippen molar-refractivity contribution in [2.45, 2.75) is 0 Å². The molecule has 2 N–H and O–H groups in total.